The van der Waals surface area contributed by atoms with Crippen molar-refractivity contribution in [3.05, 3.63) is 66.0 Å². The van der Waals surface area contributed by atoms with Crippen LogP contribution in [-0.2, 0) is 21.4 Å². The van der Waals surface area contributed by atoms with Gasteiger partial charge < -0.3 is 4.90 Å². The zero-order valence-corrected chi connectivity index (χ0v) is 17.2. The first-order valence-corrected chi connectivity index (χ1v) is 11.2. The SMILES string of the molecule is CCC(NS(=O)(=O)c1ccc(F)cc1)C(=O)N1CCN(Cc2ccccc2)CC1. The van der Waals surface area contributed by atoms with Gasteiger partial charge >= 0.3 is 0 Å². The van der Waals surface area contributed by atoms with Crippen LogP contribution in [0.4, 0.5) is 4.39 Å². The first-order chi connectivity index (χ1) is 13.9. The number of rotatable bonds is 7. The minimum atomic E-state index is -3.90. The molecule has 1 atom stereocenters. The van der Waals surface area contributed by atoms with Crippen molar-refractivity contribution in [1.82, 2.24) is 14.5 Å². The van der Waals surface area contributed by atoms with Crippen LogP contribution in [0.2, 0.25) is 0 Å². The summed E-state index contributed by atoms with van der Waals surface area (Å²) < 4.78 is 40.6. The normalized spacial score (nSPS) is 16.6. The predicted molar refractivity (Wildman–Crippen MR) is 109 cm³/mol. The lowest BCUT2D eigenvalue weighted by Crippen LogP contribution is -2.54. The second-order valence-corrected chi connectivity index (χ2v) is 8.84. The molecule has 0 radical (unpaired) electrons. The lowest BCUT2D eigenvalue weighted by Gasteiger charge is -2.36. The average molecular weight is 420 g/mol. The van der Waals surface area contributed by atoms with Gasteiger partial charge in [-0.15, -0.1) is 0 Å². The number of halogens is 1. The molecular formula is C21H26FN3O3S. The molecule has 0 aliphatic carbocycles. The van der Waals surface area contributed by atoms with Crippen LogP contribution in [0, 0.1) is 5.82 Å². The molecule has 0 spiro atoms. The number of nitrogens with one attached hydrogen (secondary N) is 1. The molecule has 1 saturated heterocycles. The Kier molecular flexibility index (Phi) is 7.00. The Balaban J connectivity index is 1.58. The first-order valence-electron chi connectivity index (χ1n) is 9.72. The average Bonchev–Trinajstić information content (AvgIpc) is 2.73. The lowest BCUT2D eigenvalue weighted by molar-refractivity contribution is -0.134. The Morgan fingerprint density at radius 2 is 1.66 bits per heavy atom. The summed E-state index contributed by atoms with van der Waals surface area (Å²) in [5.41, 5.74) is 1.23. The van der Waals surface area contributed by atoms with Crippen LogP contribution in [0.5, 0.6) is 0 Å². The maximum absolute atomic E-state index is 13.1. The van der Waals surface area contributed by atoms with Crippen LogP contribution in [0.3, 0.4) is 0 Å². The summed E-state index contributed by atoms with van der Waals surface area (Å²) in [5, 5.41) is 0. The van der Waals surface area contributed by atoms with Gasteiger partial charge in [0.2, 0.25) is 15.9 Å². The van der Waals surface area contributed by atoms with Gasteiger partial charge in [0.25, 0.3) is 0 Å². The van der Waals surface area contributed by atoms with Crippen molar-refractivity contribution < 1.29 is 17.6 Å². The number of hydrogen-bond acceptors (Lipinski definition) is 4. The molecule has 1 aliphatic rings. The molecule has 3 rings (SSSR count). The number of carbonyl (C=O) groups is 1. The molecule has 1 aliphatic heterocycles. The van der Waals surface area contributed by atoms with E-state index in [-0.39, 0.29) is 10.8 Å². The van der Waals surface area contributed by atoms with E-state index in [1.54, 1.807) is 11.8 Å². The predicted octanol–water partition coefficient (Wildman–Crippen LogP) is 2.23. The minimum Gasteiger partial charge on any atom is -0.339 e. The van der Waals surface area contributed by atoms with Gasteiger partial charge in [0.15, 0.2) is 0 Å². The third-order valence-electron chi connectivity index (χ3n) is 5.06. The third-order valence-corrected chi connectivity index (χ3v) is 6.55. The van der Waals surface area contributed by atoms with E-state index in [9.17, 15) is 17.6 Å². The van der Waals surface area contributed by atoms with Crippen molar-refractivity contribution in [1.29, 1.82) is 0 Å². The van der Waals surface area contributed by atoms with E-state index in [0.717, 1.165) is 31.8 Å². The number of amides is 1. The number of hydrogen-bond donors (Lipinski definition) is 1. The Hall–Kier alpha value is -2.29. The van der Waals surface area contributed by atoms with E-state index >= 15 is 0 Å². The molecule has 1 N–H and O–H groups in total. The quantitative estimate of drug-likeness (QED) is 0.747. The van der Waals surface area contributed by atoms with Crippen molar-refractivity contribution in [2.75, 3.05) is 26.2 Å². The molecular weight excluding hydrogens is 393 g/mol. The Labute approximate surface area is 171 Å². The number of carbonyl (C=O) groups excluding carboxylic acids is 1. The van der Waals surface area contributed by atoms with Gasteiger partial charge in [-0.05, 0) is 36.2 Å². The summed E-state index contributed by atoms with van der Waals surface area (Å²) >= 11 is 0. The summed E-state index contributed by atoms with van der Waals surface area (Å²) in [6, 6.07) is 13.9. The van der Waals surface area contributed by atoms with Crippen molar-refractivity contribution in [2.45, 2.75) is 30.8 Å². The molecule has 2 aromatic carbocycles. The molecule has 8 heteroatoms. The maximum atomic E-state index is 13.1. The van der Waals surface area contributed by atoms with Gasteiger partial charge in [-0.25, -0.2) is 12.8 Å². The first kappa shape index (κ1) is 21.4. The van der Waals surface area contributed by atoms with E-state index < -0.39 is 21.9 Å². The van der Waals surface area contributed by atoms with E-state index in [4.69, 9.17) is 0 Å². The van der Waals surface area contributed by atoms with Crippen molar-refractivity contribution >= 4 is 15.9 Å². The summed E-state index contributed by atoms with van der Waals surface area (Å²) in [6.07, 6.45) is 0.337. The largest absolute Gasteiger partial charge is 0.339 e. The zero-order chi connectivity index (χ0) is 20.9. The lowest BCUT2D eigenvalue weighted by atomic mass is 10.1. The smallest absolute Gasteiger partial charge is 0.241 e. The number of piperazine rings is 1. The van der Waals surface area contributed by atoms with Gasteiger partial charge in [-0.2, -0.15) is 4.72 Å². The Bertz CT molecular complexity index is 912. The van der Waals surface area contributed by atoms with Gasteiger partial charge in [0.05, 0.1) is 4.90 Å². The number of benzene rings is 2. The van der Waals surface area contributed by atoms with Crippen LogP contribution in [0.25, 0.3) is 0 Å². The second-order valence-electron chi connectivity index (χ2n) is 7.12. The molecule has 0 bridgehead atoms. The molecule has 156 valence electrons. The highest BCUT2D eigenvalue weighted by atomic mass is 32.2. The van der Waals surface area contributed by atoms with Gasteiger partial charge in [-0.3, -0.25) is 9.69 Å². The molecule has 6 nitrogen and oxygen atoms in total. The van der Waals surface area contributed by atoms with Crippen molar-refractivity contribution in [3.8, 4) is 0 Å². The van der Waals surface area contributed by atoms with Gasteiger partial charge in [0, 0.05) is 32.7 Å². The zero-order valence-electron chi connectivity index (χ0n) is 16.4. The summed E-state index contributed by atoms with van der Waals surface area (Å²) in [4.78, 5) is 16.8. The molecule has 29 heavy (non-hydrogen) atoms. The van der Waals surface area contributed by atoms with E-state index in [1.165, 1.54) is 17.7 Å². The molecule has 2 aromatic rings. The number of sulfonamides is 1. The van der Waals surface area contributed by atoms with Crippen LogP contribution in [-0.4, -0.2) is 56.3 Å². The minimum absolute atomic E-state index is 0.0576. The Morgan fingerprint density at radius 1 is 1.03 bits per heavy atom. The summed E-state index contributed by atoms with van der Waals surface area (Å²) in [5.74, 6) is -0.738. The fraction of sp³-hybridized carbons (Fsp3) is 0.381. The molecule has 1 amide bonds. The molecule has 1 fully saturated rings. The molecule has 0 aromatic heterocycles. The van der Waals surface area contributed by atoms with Crippen LogP contribution in [0.1, 0.15) is 18.9 Å². The Morgan fingerprint density at radius 3 is 2.24 bits per heavy atom. The topological polar surface area (TPSA) is 69.7 Å². The fourth-order valence-electron chi connectivity index (χ4n) is 3.37. The van der Waals surface area contributed by atoms with E-state index in [1.807, 2.05) is 18.2 Å². The van der Waals surface area contributed by atoms with Crippen LogP contribution in [0.15, 0.2) is 59.5 Å². The highest BCUT2D eigenvalue weighted by Crippen LogP contribution is 2.14. The highest BCUT2D eigenvalue weighted by molar-refractivity contribution is 7.89. The highest BCUT2D eigenvalue weighted by Gasteiger charge is 2.30. The van der Waals surface area contributed by atoms with Gasteiger partial charge in [-0.1, -0.05) is 37.3 Å². The molecule has 0 saturated carbocycles. The summed E-state index contributed by atoms with van der Waals surface area (Å²) in [7, 11) is -3.90. The molecule has 1 unspecified atom stereocenters. The third kappa shape index (κ3) is 5.62. The van der Waals surface area contributed by atoms with Crippen LogP contribution >= 0.6 is 0 Å². The van der Waals surface area contributed by atoms with Crippen molar-refractivity contribution in [2.24, 2.45) is 0 Å². The van der Waals surface area contributed by atoms with Crippen molar-refractivity contribution in [3.63, 3.8) is 0 Å². The maximum Gasteiger partial charge on any atom is 0.241 e. The monoisotopic (exact) mass is 419 g/mol. The van der Waals surface area contributed by atoms with E-state index in [0.29, 0.717) is 19.5 Å². The standard InChI is InChI=1S/C21H26FN3O3S/c1-2-20(23-29(27,28)19-10-8-18(22)9-11-19)21(26)25-14-12-24(13-15-25)16-17-6-4-3-5-7-17/h3-11,20,23H,2,12-16H2,1H3. The summed E-state index contributed by atoms with van der Waals surface area (Å²) in [6.45, 7) is 5.18. The van der Waals surface area contributed by atoms with Crippen LogP contribution < -0.4 is 4.72 Å². The second kappa shape index (κ2) is 9.47. The van der Waals surface area contributed by atoms with E-state index in [2.05, 4.69) is 21.8 Å². The molecule has 1 heterocycles. The fourth-order valence-corrected chi connectivity index (χ4v) is 4.64. The van der Waals surface area contributed by atoms with Gasteiger partial charge in [0.1, 0.15) is 11.9 Å². The number of nitrogens with zero attached hydrogens (tertiary/aromatic N) is 2.